The highest BCUT2D eigenvalue weighted by atomic mass is 16.5. The molecule has 0 bridgehead atoms. The Labute approximate surface area is 176 Å². The Hall–Kier alpha value is -2.08. The van der Waals surface area contributed by atoms with E-state index < -0.39 is 10.8 Å². The van der Waals surface area contributed by atoms with Crippen molar-refractivity contribution in [1.29, 1.82) is 10.5 Å². The molecule has 0 heterocycles. The first-order valence-electron chi connectivity index (χ1n) is 10.3. The lowest BCUT2D eigenvalue weighted by Crippen LogP contribution is -2.32. The molecular formula is C23H38N2O4. The summed E-state index contributed by atoms with van der Waals surface area (Å²) >= 11 is 0. The van der Waals surface area contributed by atoms with Crippen LogP contribution in [-0.2, 0) is 19.1 Å². The third kappa shape index (κ3) is 8.44. The lowest BCUT2D eigenvalue weighted by Gasteiger charge is -2.35. The van der Waals surface area contributed by atoms with Crippen molar-refractivity contribution in [3.8, 4) is 12.1 Å². The summed E-state index contributed by atoms with van der Waals surface area (Å²) in [4.78, 5) is 23.8. The van der Waals surface area contributed by atoms with Crippen LogP contribution in [0.5, 0.6) is 0 Å². The van der Waals surface area contributed by atoms with E-state index in [1.54, 1.807) is 0 Å². The van der Waals surface area contributed by atoms with Crippen LogP contribution in [0.25, 0.3) is 0 Å². The van der Waals surface area contributed by atoms with Gasteiger partial charge >= 0.3 is 11.9 Å². The molecule has 0 aromatic rings. The molecule has 0 N–H and O–H groups in total. The van der Waals surface area contributed by atoms with Crippen LogP contribution < -0.4 is 0 Å². The number of rotatable bonds is 10. The van der Waals surface area contributed by atoms with Crippen LogP contribution in [0.15, 0.2) is 0 Å². The van der Waals surface area contributed by atoms with Gasteiger partial charge < -0.3 is 9.47 Å². The number of carbonyl (C=O) groups is 2. The zero-order chi connectivity index (χ0) is 22.9. The van der Waals surface area contributed by atoms with E-state index in [1.807, 2.05) is 55.4 Å². The van der Waals surface area contributed by atoms with Crippen molar-refractivity contribution in [1.82, 2.24) is 0 Å². The fourth-order valence-electron chi connectivity index (χ4n) is 2.48. The number of hydrogen-bond acceptors (Lipinski definition) is 6. The molecular weight excluding hydrogens is 368 g/mol. The van der Waals surface area contributed by atoms with Gasteiger partial charge in [0.15, 0.2) is 0 Å². The number of ether oxygens (including phenoxy) is 2. The summed E-state index contributed by atoms with van der Waals surface area (Å²) in [6.07, 6.45) is 1.65. The lowest BCUT2D eigenvalue weighted by atomic mass is 9.66. The largest absolute Gasteiger partial charge is 0.466 e. The second kappa shape index (κ2) is 10.6. The molecule has 0 aromatic heterocycles. The van der Waals surface area contributed by atoms with E-state index in [1.165, 1.54) is 0 Å². The highest BCUT2D eigenvalue weighted by Crippen LogP contribution is 2.42. The van der Waals surface area contributed by atoms with Crippen molar-refractivity contribution >= 4 is 11.9 Å². The van der Waals surface area contributed by atoms with Crippen LogP contribution in [0.4, 0.5) is 0 Å². The predicted octanol–water partition coefficient (Wildman–Crippen LogP) is 5.18. The summed E-state index contributed by atoms with van der Waals surface area (Å²) in [6.45, 7) is 16.0. The third-order valence-corrected chi connectivity index (χ3v) is 6.28. The minimum absolute atomic E-state index is 0.169. The molecule has 0 spiro atoms. The van der Waals surface area contributed by atoms with Crippen molar-refractivity contribution < 1.29 is 19.1 Å². The van der Waals surface area contributed by atoms with Crippen LogP contribution in [-0.4, -0.2) is 25.2 Å². The molecule has 164 valence electrons. The van der Waals surface area contributed by atoms with Crippen molar-refractivity contribution in [2.45, 2.75) is 87.5 Å². The summed E-state index contributed by atoms with van der Waals surface area (Å²) in [5.41, 5.74) is -1.67. The smallest absolute Gasteiger partial charge is 0.305 e. The summed E-state index contributed by atoms with van der Waals surface area (Å²) in [5, 5.41) is 18.8. The van der Waals surface area contributed by atoms with Gasteiger partial charge in [0.25, 0.3) is 0 Å². The zero-order valence-electron chi connectivity index (χ0n) is 19.5. The predicted molar refractivity (Wildman–Crippen MR) is 111 cm³/mol. The number of nitrogens with zero attached hydrogens (tertiary/aromatic N) is 2. The molecule has 0 aliphatic carbocycles. The normalized spacial score (nSPS) is 15.9. The third-order valence-electron chi connectivity index (χ3n) is 6.28. The van der Waals surface area contributed by atoms with Crippen LogP contribution in [0.2, 0.25) is 0 Å². The first-order chi connectivity index (χ1) is 13.1. The molecule has 0 fully saturated rings. The van der Waals surface area contributed by atoms with Gasteiger partial charge in [-0.2, -0.15) is 10.5 Å². The summed E-state index contributed by atoms with van der Waals surface area (Å²) in [7, 11) is 0. The molecule has 0 saturated heterocycles. The van der Waals surface area contributed by atoms with E-state index >= 15 is 0 Å². The molecule has 0 saturated carbocycles. The van der Waals surface area contributed by atoms with E-state index in [4.69, 9.17) is 9.47 Å². The van der Waals surface area contributed by atoms with Crippen LogP contribution in [0.3, 0.4) is 0 Å². The number of hydrogen-bond donors (Lipinski definition) is 0. The van der Waals surface area contributed by atoms with E-state index in [0.29, 0.717) is 19.3 Å². The van der Waals surface area contributed by atoms with Crippen LogP contribution in [0, 0.1) is 44.3 Å². The van der Waals surface area contributed by atoms with Gasteiger partial charge in [-0.3, -0.25) is 9.59 Å². The van der Waals surface area contributed by atoms with Gasteiger partial charge in [-0.1, -0.05) is 41.5 Å². The van der Waals surface area contributed by atoms with E-state index in [2.05, 4.69) is 12.1 Å². The lowest BCUT2D eigenvalue weighted by molar-refractivity contribution is -0.147. The Morgan fingerprint density at radius 2 is 1.00 bits per heavy atom. The second-order valence-electron chi connectivity index (χ2n) is 10.2. The topological polar surface area (TPSA) is 100 Å². The van der Waals surface area contributed by atoms with Crippen molar-refractivity contribution in [2.75, 3.05) is 13.2 Å². The fraction of sp³-hybridized carbons (Fsp3) is 0.826. The van der Waals surface area contributed by atoms with Crippen molar-refractivity contribution in [3.05, 3.63) is 0 Å². The molecule has 0 amide bonds. The van der Waals surface area contributed by atoms with Crippen molar-refractivity contribution in [2.24, 2.45) is 21.7 Å². The Balaban J connectivity index is 4.14. The molecule has 0 aliphatic rings. The summed E-state index contributed by atoms with van der Waals surface area (Å²) in [5.74, 6) is -0.700. The summed E-state index contributed by atoms with van der Waals surface area (Å²) in [6, 6.07) is 4.63. The van der Waals surface area contributed by atoms with Gasteiger partial charge in [0, 0.05) is 19.3 Å². The molecule has 0 rings (SSSR count). The van der Waals surface area contributed by atoms with Gasteiger partial charge in [-0.15, -0.1) is 0 Å². The number of esters is 2. The standard InChI is InChI=1S/C23H38N2O4/c1-20(2,3)22(7,16-24)12-10-18(26)28-14-9-15-29-19(27)11-13-23(8,17-25)21(4,5)6/h9-15H2,1-8H3. The Morgan fingerprint density at radius 1 is 0.690 bits per heavy atom. The molecule has 0 radical (unpaired) electrons. The highest BCUT2D eigenvalue weighted by molar-refractivity contribution is 5.70. The van der Waals surface area contributed by atoms with Crippen LogP contribution >= 0.6 is 0 Å². The van der Waals surface area contributed by atoms with Gasteiger partial charge in [-0.25, -0.2) is 0 Å². The minimum atomic E-state index is -0.605. The van der Waals surface area contributed by atoms with E-state index in [-0.39, 0.29) is 48.8 Å². The average Bonchev–Trinajstić information content (AvgIpc) is 2.61. The van der Waals surface area contributed by atoms with Crippen LogP contribution in [0.1, 0.15) is 87.5 Å². The van der Waals surface area contributed by atoms with E-state index in [9.17, 15) is 20.1 Å². The number of carbonyl (C=O) groups excluding carboxylic acids is 2. The molecule has 0 aliphatic heterocycles. The molecule has 29 heavy (non-hydrogen) atoms. The maximum Gasteiger partial charge on any atom is 0.305 e. The van der Waals surface area contributed by atoms with Gasteiger partial charge in [-0.05, 0) is 37.5 Å². The Morgan fingerprint density at radius 3 is 1.24 bits per heavy atom. The molecule has 2 unspecified atom stereocenters. The Bertz CT molecular complexity index is 590. The van der Waals surface area contributed by atoms with Crippen molar-refractivity contribution in [3.63, 3.8) is 0 Å². The second-order valence-corrected chi connectivity index (χ2v) is 10.2. The monoisotopic (exact) mass is 406 g/mol. The molecule has 6 heteroatoms. The summed E-state index contributed by atoms with van der Waals surface area (Å²) < 4.78 is 10.3. The van der Waals surface area contributed by atoms with E-state index in [0.717, 1.165) is 0 Å². The van der Waals surface area contributed by atoms with Gasteiger partial charge in [0.1, 0.15) is 0 Å². The quantitative estimate of drug-likeness (QED) is 0.366. The number of nitriles is 2. The zero-order valence-corrected chi connectivity index (χ0v) is 19.5. The minimum Gasteiger partial charge on any atom is -0.466 e. The maximum absolute atomic E-state index is 11.9. The maximum atomic E-state index is 11.9. The van der Waals surface area contributed by atoms with Gasteiger partial charge in [0.2, 0.25) is 0 Å². The molecule has 6 nitrogen and oxygen atoms in total. The first kappa shape index (κ1) is 26.9. The molecule has 0 aromatic carbocycles. The van der Waals surface area contributed by atoms with Gasteiger partial charge in [0.05, 0.1) is 36.2 Å². The highest BCUT2D eigenvalue weighted by Gasteiger charge is 2.38. The first-order valence-corrected chi connectivity index (χ1v) is 10.3. The Kier molecular flexibility index (Phi) is 9.86. The fourth-order valence-corrected chi connectivity index (χ4v) is 2.48. The molecule has 2 atom stereocenters. The SMILES string of the molecule is CC(C)(C)C(C)(C#N)CCC(=O)OCCCOC(=O)CCC(C)(C#N)C(C)(C)C. The average molecular weight is 407 g/mol.